The highest BCUT2D eigenvalue weighted by atomic mass is 35.5. The molecule has 1 aromatic rings. The van der Waals surface area contributed by atoms with Crippen LogP contribution in [0.2, 0.25) is 5.15 Å². The minimum absolute atomic E-state index is 0.250. The molecule has 3 heterocycles. The molecule has 10 nitrogen and oxygen atoms in total. The molecular weight excluding hydrogens is 376 g/mol. The van der Waals surface area contributed by atoms with Crippen LogP contribution in [0.4, 0.5) is 5.82 Å². The number of nitrogens with one attached hydrogen (secondary N) is 1. The van der Waals surface area contributed by atoms with E-state index in [1.807, 2.05) is 0 Å². The Kier molecular flexibility index (Phi) is 4.97. The summed E-state index contributed by atoms with van der Waals surface area (Å²) in [5, 5.41) is 11.6. The topological polar surface area (TPSA) is 121 Å². The molecule has 0 amide bonds. The molecule has 1 aromatic heterocycles. The monoisotopic (exact) mass is 392 g/mol. The summed E-state index contributed by atoms with van der Waals surface area (Å²) in [6.45, 7) is 3.41. The summed E-state index contributed by atoms with van der Waals surface area (Å²) < 4.78 is 45.1. The van der Waals surface area contributed by atoms with E-state index in [1.165, 1.54) is 6.21 Å². The Labute approximate surface area is 149 Å². The molecule has 1 N–H and O–H groups in total. The Morgan fingerprint density at radius 3 is 2.76 bits per heavy atom. The Hall–Kier alpha value is -1.37. The second-order valence-corrected chi connectivity index (χ2v) is 7.95. The van der Waals surface area contributed by atoms with Crippen molar-refractivity contribution < 1.29 is 26.8 Å². The smallest absolute Gasteiger partial charge is 0.264 e. The van der Waals surface area contributed by atoms with E-state index in [2.05, 4.69) is 20.7 Å². The molecule has 2 aliphatic rings. The van der Waals surface area contributed by atoms with Gasteiger partial charge in [0.1, 0.15) is 18.3 Å². The lowest BCUT2D eigenvalue weighted by atomic mass is 10.1. The zero-order valence-electron chi connectivity index (χ0n) is 13.6. The minimum Gasteiger partial charge on any atom is -0.339 e. The second kappa shape index (κ2) is 6.74. The molecule has 2 fully saturated rings. The van der Waals surface area contributed by atoms with Crippen molar-refractivity contribution >= 4 is 33.8 Å². The summed E-state index contributed by atoms with van der Waals surface area (Å²) in [6.07, 6.45) is -0.872. The van der Waals surface area contributed by atoms with Crippen molar-refractivity contribution in [3.05, 3.63) is 17.3 Å². The van der Waals surface area contributed by atoms with Crippen LogP contribution in [0.25, 0.3) is 0 Å². The molecule has 0 bridgehead atoms. The van der Waals surface area contributed by atoms with Gasteiger partial charge < -0.3 is 14.2 Å². The fraction of sp³-hybridized carbons (Fsp3) is 0.615. The highest BCUT2D eigenvalue weighted by Gasteiger charge is 2.56. The van der Waals surface area contributed by atoms with E-state index in [-0.39, 0.29) is 5.15 Å². The zero-order chi connectivity index (χ0) is 18.2. The normalized spacial score (nSPS) is 31.4. The first-order valence-electron chi connectivity index (χ1n) is 7.31. The molecular formula is C13H17ClN4O6S. The highest BCUT2D eigenvalue weighted by molar-refractivity contribution is 7.86. The molecule has 0 unspecified atom stereocenters. The van der Waals surface area contributed by atoms with Gasteiger partial charge >= 0.3 is 0 Å². The molecule has 3 rings (SSSR count). The number of hydrazone groups is 1. The SMILES string of the molecule is CC1(C)O[C@H]2O[C@H](/C=N/Nc3ccc(Cl)nn3)[C@H](OS(C)(=O)=O)[C@H]2O1. The molecule has 138 valence electrons. The van der Waals surface area contributed by atoms with E-state index in [1.54, 1.807) is 26.0 Å². The van der Waals surface area contributed by atoms with Crippen molar-refractivity contribution in [2.45, 2.75) is 44.2 Å². The fourth-order valence-corrected chi connectivity index (χ4v) is 3.21. The average molecular weight is 393 g/mol. The molecule has 12 heteroatoms. The summed E-state index contributed by atoms with van der Waals surface area (Å²) in [5.74, 6) is -0.540. The summed E-state index contributed by atoms with van der Waals surface area (Å²) in [6, 6.07) is 3.12. The van der Waals surface area contributed by atoms with Crippen LogP contribution in [0, 0.1) is 0 Å². The van der Waals surface area contributed by atoms with Crippen LogP contribution in [0.1, 0.15) is 13.8 Å². The summed E-state index contributed by atoms with van der Waals surface area (Å²) in [5.41, 5.74) is 2.63. The average Bonchev–Trinajstić information content (AvgIpc) is 2.93. The summed E-state index contributed by atoms with van der Waals surface area (Å²) in [4.78, 5) is 0. The number of aromatic nitrogens is 2. The lowest BCUT2D eigenvalue weighted by molar-refractivity contribution is -0.204. The maximum Gasteiger partial charge on any atom is 0.264 e. The number of nitrogens with zero attached hydrogens (tertiary/aromatic N) is 3. The number of fused-ring (bicyclic) bond motifs is 1. The fourth-order valence-electron chi connectivity index (χ4n) is 2.49. The van der Waals surface area contributed by atoms with Crippen LogP contribution >= 0.6 is 11.6 Å². The van der Waals surface area contributed by atoms with Crippen molar-refractivity contribution in [2.75, 3.05) is 11.7 Å². The van der Waals surface area contributed by atoms with Crippen LogP contribution in [0.15, 0.2) is 17.2 Å². The van der Waals surface area contributed by atoms with Gasteiger partial charge in [-0.3, -0.25) is 9.61 Å². The van der Waals surface area contributed by atoms with E-state index in [0.29, 0.717) is 5.82 Å². The molecule has 2 saturated heterocycles. The van der Waals surface area contributed by atoms with E-state index in [0.717, 1.165) is 6.26 Å². The van der Waals surface area contributed by atoms with E-state index >= 15 is 0 Å². The number of ether oxygens (including phenoxy) is 3. The lowest BCUT2D eigenvalue weighted by Gasteiger charge is -2.23. The quantitative estimate of drug-likeness (QED) is 0.439. The zero-order valence-corrected chi connectivity index (χ0v) is 15.2. The van der Waals surface area contributed by atoms with Crippen LogP contribution in [-0.2, 0) is 28.5 Å². The van der Waals surface area contributed by atoms with Gasteiger partial charge in [-0.05, 0) is 26.0 Å². The van der Waals surface area contributed by atoms with Crippen molar-refractivity contribution in [3.63, 3.8) is 0 Å². The Morgan fingerprint density at radius 2 is 2.12 bits per heavy atom. The molecule has 25 heavy (non-hydrogen) atoms. The van der Waals surface area contributed by atoms with Crippen molar-refractivity contribution in [3.8, 4) is 0 Å². The Balaban J connectivity index is 1.71. The summed E-state index contributed by atoms with van der Waals surface area (Å²) >= 11 is 5.65. The van der Waals surface area contributed by atoms with E-state index in [4.69, 9.17) is 30.0 Å². The maximum atomic E-state index is 11.5. The maximum absolute atomic E-state index is 11.5. The van der Waals surface area contributed by atoms with Crippen LogP contribution in [0.5, 0.6) is 0 Å². The van der Waals surface area contributed by atoms with Crippen molar-refractivity contribution in [2.24, 2.45) is 5.10 Å². The van der Waals surface area contributed by atoms with Gasteiger partial charge in [0, 0.05) is 0 Å². The van der Waals surface area contributed by atoms with Crippen molar-refractivity contribution in [1.82, 2.24) is 10.2 Å². The first-order valence-corrected chi connectivity index (χ1v) is 9.50. The van der Waals surface area contributed by atoms with Crippen LogP contribution in [0.3, 0.4) is 0 Å². The third-order valence-corrected chi connectivity index (χ3v) is 4.12. The number of anilines is 1. The molecule has 0 aliphatic carbocycles. The van der Waals surface area contributed by atoms with Crippen LogP contribution < -0.4 is 5.43 Å². The highest BCUT2D eigenvalue weighted by Crippen LogP contribution is 2.38. The minimum atomic E-state index is -3.73. The summed E-state index contributed by atoms with van der Waals surface area (Å²) in [7, 11) is -3.73. The molecule has 2 aliphatic heterocycles. The predicted octanol–water partition coefficient (Wildman–Crippen LogP) is 0.749. The van der Waals surface area contributed by atoms with E-state index < -0.39 is 40.5 Å². The largest absolute Gasteiger partial charge is 0.339 e. The van der Waals surface area contributed by atoms with Gasteiger partial charge in [-0.25, -0.2) is 0 Å². The molecule has 0 radical (unpaired) electrons. The third-order valence-electron chi connectivity index (χ3n) is 3.35. The first-order chi connectivity index (χ1) is 11.6. The molecule has 0 aromatic carbocycles. The third kappa shape index (κ3) is 4.63. The Morgan fingerprint density at radius 1 is 1.36 bits per heavy atom. The number of halogens is 1. The number of hydrogen-bond donors (Lipinski definition) is 1. The van der Waals surface area contributed by atoms with Gasteiger partial charge in [0.2, 0.25) is 0 Å². The van der Waals surface area contributed by atoms with Crippen molar-refractivity contribution in [1.29, 1.82) is 0 Å². The van der Waals surface area contributed by atoms with Gasteiger partial charge in [0.15, 0.2) is 23.0 Å². The standard InChI is InChI=1S/C13H17ClN4O6S/c1-13(2)22-11-10(24-25(3,19)20)7(21-12(11)23-13)6-15-17-9-5-4-8(14)16-18-9/h4-7,10-12H,1-3H3,(H,17,18)/b15-6+/t7-,10+,11-,12-/m1/s1. The molecule has 0 saturated carbocycles. The Bertz CT molecular complexity index is 756. The molecule has 4 atom stereocenters. The predicted molar refractivity (Wildman–Crippen MR) is 87.6 cm³/mol. The lowest BCUT2D eigenvalue weighted by Crippen LogP contribution is -2.39. The van der Waals surface area contributed by atoms with Gasteiger partial charge in [0.05, 0.1) is 12.5 Å². The first kappa shape index (κ1) is 18.4. The number of rotatable bonds is 5. The van der Waals surface area contributed by atoms with Gasteiger partial charge in [-0.2, -0.15) is 13.5 Å². The number of hydrogen-bond acceptors (Lipinski definition) is 10. The molecule has 0 spiro atoms. The van der Waals surface area contributed by atoms with E-state index in [9.17, 15) is 8.42 Å². The second-order valence-electron chi connectivity index (χ2n) is 5.97. The van der Waals surface area contributed by atoms with Gasteiger partial charge in [-0.15, -0.1) is 10.2 Å². The van der Waals surface area contributed by atoms with Gasteiger partial charge in [-0.1, -0.05) is 11.6 Å². The van der Waals surface area contributed by atoms with Crippen LogP contribution in [-0.4, -0.2) is 61.5 Å². The van der Waals surface area contributed by atoms with Gasteiger partial charge in [0.25, 0.3) is 10.1 Å².